The van der Waals surface area contributed by atoms with Gasteiger partial charge in [0, 0.05) is 69.2 Å². The van der Waals surface area contributed by atoms with Crippen LogP contribution in [0.5, 0.6) is 0 Å². The van der Waals surface area contributed by atoms with Gasteiger partial charge in [-0.3, -0.25) is 14.5 Å². The quantitative estimate of drug-likeness (QED) is 0.653. The average molecular weight is 481 g/mol. The van der Waals surface area contributed by atoms with Gasteiger partial charge < -0.3 is 15.1 Å². The van der Waals surface area contributed by atoms with Gasteiger partial charge in [-0.1, -0.05) is 18.9 Å². The number of nitrogens with zero attached hydrogens (tertiary/aromatic N) is 3. The number of carbonyl (C=O) groups excluding carboxylic acids is 2. The minimum Gasteiger partial charge on any atom is -0.378 e. The third kappa shape index (κ3) is 5.84. The summed E-state index contributed by atoms with van der Waals surface area (Å²) in [6, 6.07) is 10.4. The van der Waals surface area contributed by atoms with E-state index in [0.717, 1.165) is 55.6 Å². The van der Waals surface area contributed by atoms with Gasteiger partial charge in [-0.2, -0.15) is 0 Å². The van der Waals surface area contributed by atoms with E-state index in [9.17, 15) is 14.0 Å². The molecule has 2 aromatic rings. The van der Waals surface area contributed by atoms with Crippen LogP contribution in [0.15, 0.2) is 36.4 Å². The summed E-state index contributed by atoms with van der Waals surface area (Å²) < 4.78 is 14.6. The Labute approximate surface area is 208 Å². The Hall–Kier alpha value is -2.93. The number of hydrogen-bond acceptors (Lipinski definition) is 4. The fraction of sp³-hybridized carbons (Fsp3) is 0.500. The van der Waals surface area contributed by atoms with Crippen molar-refractivity contribution in [2.24, 2.45) is 5.92 Å². The molecule has 2 aromatic carbocycles. The summed E-state index contributed by atoms with van der Waals surface area (Å²) in [6.07, 6.45) is 4.34. The van der Waals surface area contributed by atoms with Crippen molar-refractivity contribution in [3.05, 3.63) is 58.9 Å². The fourth-order valence-corrected chi connectivity index (χ4v) is 5.30. The highest BCUT2D eigenvalue weighted by Gasteiger charge is 2.33. The molecule has 7 heteroatoms. The molecule has 1 atom stereocenters. The first-order valence-corrected chi connectivity index (χ1v) is 12.6. The topological polar surface area (TPSA) is 55.9 Å². The number of hydrogen-bond donors (Lipinski definition) is 1. The second-order valence-corrected chi connectivity index (χ2v) is 10.2. The van der Waals surface area contributed by atoms with Crippen molar-refractivity contribution in [1.82, 2.24) is 9.80 Å². The van der Waals surface area contributed by atoms with E-state index in [1.165, 1.54) is 6.07 Å². The third-order valence-electron chi connectivity index (χ3n) is 7.45. The molecule has 1 aliphatic carbocycles. The van der Waals surface area contributed by atoms with Gasteiger partial charge in [0.05, 0.1) is 0 Å². The molecule has 0 aromatic heterocycles. The van der Waals surface area contributed by atoms with Crippen molar-refractivity contribution in [2.45, 2.75) is 52.1 Å². The molecule has 1 aliphatic heterocycles. The van der Waals surface area contributed by atoms with Crippen LogP contribution in [0.3, 0.4) is 0 Å². The molecule has 0 unspecified atom stereocenters. The Kier molecular flexibility index (Phi) is 7.75. The lowest BCUT2D eigenvalue weighted by atomic mass is 10.0. The van der Waals surface area contributed by atoms with Gasteiger partial charge in [0.2, 0.25) is 5.91 Å². The Morgan fingerprint density at radius 2 is 1.86 bits per heavy atom. The number of anilines is 2. The molecule has 2 fully saturated rings. The first-order valence-electron chi connectivity index (χ1n) is 12.6. The average Bonchev–Trinajstić information content (AvgIpc) is 3.37. The van der Waals surface area contributed by atoms with E-state index in [1.54, 1.807) is 12.1 Å². The standard InChI is InChI=1S/C28H37FN4O2/c1-19-17-32(12-13-33(19)28(35)21-8-5-6-9-21)18-23-14-24(29)16-26(20(23)2)30-27(34)22-10-7-11-25(15-22)31(3)4/h7,10-11,14-16,19,21H,5-6,8-9,12-13,17-18H2,1-4H3,(H,30,34)/t19-/m0/s1. The highest BCUT2D eigenvalue weighted by atomic mass is 19.1. The van der Waals surface area contributed by atoms with Crippen LogP contribution in [0, 0.1) is 18.7 Å². The number of amides is 2. The first-order chi connectivity index (χ1) is 16.7. The lowest BCUT2D eigenvalue weighted by molar-refractivity contribution is -0.140. The number of rotatable bonds is 6. The summed E-state index contributed by atoms with van der Waals surface area (Å²) >= 11 is 0. The molecular weight excluding hydrogens is 443 g/mol. The van der Waals surface area contributed by atoms with E-state index in [1.807, 2.05) is 49.0 Å². The van der Waals surface area contributed by atoms with Gasteiger partial charge in [-0.05, 0) is 68.1 Å². The fourth-order valence-electron chi connectivity index (χ4n) is 5.30. The predicted molar refractivity (Wildman–Crippen MR) is 138 cm³/mol. The van der Waals surface area contributed by atoms with E-state index in [-0.39, 0.29) is 23.7 Å². The van der Waals surface area contributed by atoms with E-state index >= 15 is 0 Å². The molecular formula is C28H37FN4O2. The van der Waals surface area contributed by atoms with Crippen LogP contribution in [0.1, 0.15) is 54.1 Å². The van der Waals surface area contributed by atoms with Gasteiger partial charge in [0.15, 0.2) is 0 Å². The number of halogens is 1. The van der Waals surface area contributed by atoms with Gasteiger partial charge in [-0.15, -0.1) is 0 Å². The molecule has 2 amide bonds. The van der Waals surface area contributed by atoms with E-state index in [0.29, 0.717) is 30.2 Å². The van der Waals surface area contributed by atoms with Crippen molar-refractivity contribution in [1.29, 1.82) is 0 Å². The molecule has 188 valence electrons. The molecule has 4 rings (SSSR count). The normalized spacial score (nSPS) is 19.1. The molecule has 0 spiro atoms. The molecule has 35 heavy (non-hydrogen) atoms. The Balaban J connectivity index is 1.43. The number of carbonyl (C=O) groups is 2. The molecule has 1 saturated heterocycles. The second-order valence-electron chi connectivity index (χ2n) is 10.2. The molecule has 0 bridgehead atoms. The molecule has 6 nitrogen and oxygen atoms in total. The van der Waals surface area contributed by atoms with Crippen molar-refractivity contribution >= 4 is 23.2 Å². The zero-order valence-corrected chi connectivity index (χ0v) is 21.3. The maximum atomic E-state index is 14.6. The van der Waals surface area contributed by atoms with Crippen LogP contribution < -0.4 is 10.2 Å². The molecule has 1 N–H and O–H groups in total. The smallest absolute Gasteiger partial charge is 0.255 e. The Morgan fingerprint density at radius 3 is 2.54 bits per heavy atom. The van der Waals surface area contributed by atoms with E-state index in [2.05, 4.69) is 17.1 Å². The molecule has 2 aliphatic rings. The van der Waals surface area contributed by atoms with Gasteiger partial charge in [0.25, 0.3) is 5.91 Å². The highest BCUT2D eigenvalue weighted by Crippen LogP contribution is 2.29. The predicted octanol–water partition coefficient (Wildman–Crippen LogP) is 4.68. The lowest BCUT2D eigenvalue weighted by Crippen LogP contribution is -2.54. The van der Waals surface area contributed by atoms with Crippen molar-refractivity contribution in [3.8, 4) is 0 Å². The maximum absolute atomic E-state index is 14.6. The minimum absolute atomic E-state index is 0.133. The first kappa shape index (κ1) is 25.2. The lowest BCUT2D eigenvalue weighted by Gasteiger charge is -2.41. The van der Waals surface area contributed by atoms with Crippen LogP contribution in [0.25, 0.3) is 0 Å². The number of piperazine rings is 1. The van der Waals surface area contributed by atoms with Gasteiger partial charge in [-0.25, -0.2) is 4.39 Å². The Morgan fingerprint density at radius 1 is 1.11 bits per heavy atom. The van der Waals surface area contributed by atoms with Crippen LogP contribution >= 0.6 is 0 Å². The summed E-state index contributed by atoms with van der Waals surface area (Å²) in [5, 5.41) is 2.90. The Bertz CT molecular complexity index is 1080. The molecule has 1 saturated carbocycles. The summed E-state index contributed by atoms with van der Waals surface area (Å²) in [5.74, 6) is -0.133. The van der Waals surface area contributed by atoms with Crippen molar-refractivity contribution in [2.75, 3.05) is 43.9 Å². The van der Waals surface area contributed by atoms with E-state index in [4.69, 9.17) is 0 Å². The SMILES string of the molecule is Cc1c(CN2CCN(C(=O)C3CCCC3)[C@@H](C)C2)cc(F)cc1NC(=O)c1cccc(N(C)C)c1. The van der Waals surface area contributed by atoms with Crippen molar-refractivity contribution < 1.29 is 14.0 Å². The summed E-state index contributed by atoms with van der Waals surface area (Å²) in [5.41, 5.74) is 3.65. The maximum Gasteiger partial charge on any atom is 0.255 e. The van der Waals surface area contributed by atoms with Gasteiger partial charge in [0.1, 0.15) is 5.82 Å². The second kappa shape index (κ2) is 10.8. The van der Waals surface area contributed by atoms with Gasteiger partial charge >= 0.3 is 0 Å². The van der Waals surface area contributed by atoms with Crippen LogP contribution in [0.2, 0.25) is 0 Å². The van der Waals surface area contributed by atoms with E-state index < -0.39 is 0 Å². The number of benzene rings is 2. The summed E-state index contributed by atoms with van der Waals surface area (Å²) in [4.78, 5) is 32.1. The molecule has 0 radical (unpaired) electrons. The van der Waals surface area contributed by atoms with Crippen LogP contribution in [0.4, 0.5) is 15.8 Å². The monoisotopic (exact) mass is 480 g/mol. The summed E-state index contributed by atoms with van der Waals surface area (Å²) in [7, 11) is 3.84. The molecule has 1 heterocycles. The number of nitrogens with one attached hydrogen (secondary N) is 1. The van der Waals surface area contributed by atoms with Crippen LogP contribution in [-0.2, 0) is 11.3 Å². The highest BCUT2D eigenvalue weighted by molar-refractivity contribution is 6.05. The minimum atomic E-state index is -0.369. The zero-order chi connectivity index (χ0) is 25.1. The zero-order valence-electron chi connectivity index (χ0n) is 21.3. The summed E-state index contributed by atoms with van der Waals surface area (Å²) in [6.45, 7) is 6.83. The third-order valence-corrected chi connectivity index (χ3v) is 7.45. The van der Waals surface area contributed by atoms with Crippen molar-refractivity contribution in [3.63, 3.8) is 0 Å². The van der Waals surface area contributed by atoms with Crippen LogP contribution in [-0.4, -0.2) is 61.4 Å². The largest absolute Gasteiger partial charge is 0.378 e.